The summed E-state index contributed by atoms with van der Waals surface area (Å²) >= 11 is 0. The van der Waals surface area contributed by atoms with E-state index in [9.17, 15) is 0 Å². The third kappa shape index (κ3) is 2.53. The minimum Gasteiger partial charge on any atom is -0.380 e. The average Bonchev–Trinajstić information content (AvgIpc) is 3.19. The molecule has 5 heteroatoms. The van der Waals surface area contributed by atoms with Crippen molar-refractivity contribution in [2.24, 2.45) is 0 Å². The van der Waals surface area contributed by atoms with Crippen molar-refractivity contribution < 1.29 is 0 Å². The van der Waals surface area contributed by atoms with Gasteiger partial charge in [0, 0.05) is 18.6 Å². The maximum Gasteiger partial charge on any atom is 0.0894 e. The molecule has 2 saturated heterocycles. The fraction of sp³-hybridized carbons (Fsp3) is 0.500. The number of nitrogens with zero attached hydrogens (tertiary/aromatic N) is 4. The molecule has 2 atom stereocenters. The molecule has 2 unspecified atom stereocenters. The zero-order valence-corrected chi connectivity index (χ0v) is 12.2. The fourth-order valence-electron chi connectivity index (χ4n) is 3.71. The molecule has 0 radical (unpaired) electrons. The molecule has 110 valence electrons. The highest BCUT2D eigenvalue weighted by atomic mass is 15.4. The summed E-state index contributed by atoms with van der Waals surface area (Å²) in [4.78, 5) is 2.65. The van der Waals surface area contributed by atoms with Crippen molar-refractivity contribution in [3.8, 4) is 5.69 Å². The molecule has 2 aromatic rings. The van der Waals surface area contributed by atoms with E-state index in [1.54, 1.807) is 6.20 Å². The zero-order valence-electron chi connectivity index (χ0n) is 12.2. The topological polar surface area (TPSA) is 46.0 Å². The van der Waals surface area contributed by atoms with Crippen LogP contribution in [0.1, 0.15) is 25.7 Å². The summed E-state index contributed by atoms with van der Waals surface area (Å²) in [5, 5.41) is 11.8. The largest absolute Gasteiger partial charge is 0.380 e. The number of rotatable bonds is 3. The number of para-hydroxylation sites is 2. The van der Waals surface area contributed by atoms with Crippen molar-refractivity contribution in [3.63, 3.8) is 0 Å². The van der Waals surface area contributed by atoms with E-state index >= 15 is 0 Å². The van der Waals surface area contributed by atoms with Gasteiger partial charge in [0.05, 0.1) is 23.8 Å². The number of aromatic nitrogens is 3. The van der Waals surface area contributed by atoms with E-state index in [4.69, 9.17) is 0 Å². The van der Waals surface area contributed by atoms with E-state index in [1.807, 2.05) is 16.9 Å². The van der Waals surface area contributed by atoms with Gasteiger partial charge in [0.2, 0.25) is 0 Å². The Labute approximate surface area is 125 Å². The first-order valence-corrected chi connectivity index (χ1v) is 7.86. The summed E-state index contributed by atoms with van der Waals surface area (Å²) < 4.78 is 1.83. The van der Waals surface area contributed by atoms with E-state index < -0.39 is 0 Å². The average molecular weight is 283 g/mol. The van der Waals surface area contributed by atoms with Gasteiger partial charge in [0.25, 0.3) is 0 Å². The smallest absolute Gasteiger partial charge is 0.0894 e. The van der Waals surface area contributed by atoms with Crippen LogP contribution >= 0.6 is 0 Å². The monoisotopic (exact) mass is 283 g/mol. The lowest BCUT2D eigenvalue weighted by atomic mass is 9.97. The van der Waals surface area contributed by atoms with E-state index in [0.717, 1.165) is 17.4 Å². The van der Waals surface area contributed by atoms with Crippen molar-refractivity contribution in [1.82, 2.24) is 19.9 Å². The second-order valence-corrected chi connectivity index (χ2v) is 6.06. The molecular formula is C16H21N5. The number of piperidine rings is 1. The van der Waals surface area contributed by atoms with Gasteiger partial charge in [-0.3, -0.25) is 0 Å². The highest BCUT2D eigenvalue weighted by Crippen LogP contribution is 2.29. The molecular weight excluding hydrogens is 262 g/mol. The van der Waals surface area contributed by atoms with E-state index in [1.165, 1.54) is 38.8 Å². The lowest BCUT2D eigenvalue weighted by molar-refractivity contribution is 0.188. The quantitative estimate of drug-likeness (QED) is 0.939. The fourth-order valence-corrected chi connectivity index (χ4v) is 3.71. The Hall–Kier alpha value is -1.88. The number of hydrogen-bond donors (Lipinski definition) is 1. The second-order valence-electron chi connectivity index (χ2n) is 6.06. The Kier molecular flexibility index (Phi) is 3.35. The number of fused-ring (bicyclic) bond motifs is 1. The predicted molar refractivity (Wildman–Crippen MR) is 82.6 cm³/mol. The summed E-state index contributed by atoms with van der Waals surface area (Å²) in [6.45, 7) is 2.53. The van der Waals surface area contributed by atoms with Crippen LogP contribution in [0.2, 0.25) is 0 Å². The van der Waals surface area contributed by atoms with Crippen LogP contribution in [-0.2, 0) is 0 Å². The molecule has 1 aromatic carbocycles. The Morgan fingerprint density at radius 3 is 3.00 bits per heavy atom. The van der Waals surface area contributed by atoms with Crippen molar-refractivity contribution in [2.75, 3.05) is 18.4 Å². The van der Waals surface area contributed by atoms with E-state index in [2.05, 4.69) is 38.7 Å². The van der Waals surface area contributed by atoms with Gasteiger partial charge in [0.15, 0.2) is 0 Å². The Bertz CT molecular complexity index is 594. The van der Waals surface area contributed by atoms with Gasteiger partial charge in [-0.2, -0.15) is 0 Å². The Balaban J connectivity index is 1.52. The van der Waals surface area contributed by atoms with Crippen LogP contribution in [0.3, 0.4) is 0 Å². The summed E-state index contributed by atoms with van der Waals surface area (Å²) in [7, 11) is 0. The molecule has 0 bridgehead atoms. The summed E-state index contributed by atoms with van der Waals surface area (Å²) in [5.74, 6) is 0. The van der Waals surface area contributed by atoms with Crippen LogP contribution in [0.15, 0.2) is 36.7 Å². The molecule has 2 aliphatic heterocycles. The van der Waals surface area contributed by atoms with Crippen LogP contribution in [0.4, 0.5) is 5.69 Å². The Morgan fingerprint density at radius 2 is 2.10 bits per heavy atom. The highest BCUT2D eigenvalue weighted by Gasteiger charge is 2.31. The van der Waals surface area contributed by atoms with Crippen molar-refractivity contribution in [1.29, 1.82) is 0 Å². The Morgan fingerprint density at radius 1 is 1.14 bits per heavy atom. The number of hydrogen-bond acceptors (Lipinski definition) is 4. The van der Waals surface area contributed by atoms with Crippen molar-refractivity contribution in [2.45, 2.75) is 37.8 Å². The lowest BCUT2D eigenvalue weighted by Gasteiger charge is -2.35. The first kappa shape index (κ1) is 12.8. The second kappa shape index (κ2) is 5.48. The molecule has 2 aliphatic rings. The SMILES string of the molecule is c1ccc(-n2ccnn2)c(NC2CCN3CCCC3C2)c1. The van der Waals surface area contributed by atoms with Gasteiger partial charge in [-0.1, -0.05) is 17.3 Å². The highest BCUT2D eigenvalue weighted by molar-refractivity contribution is 5.61. The molecule has 21 heavy (non-hydrogen) atoms. The molecule has 0 aliphatic carbocycles. The van der Waals surface area contributed by atoms with E-state index in [-0.39, 0.29) is 0 Å². The number of nitrogens with one attached hydrogen (secondary N) is 1. The van der Waals surface area contributed by atoms with Gasteiger partial charge in [-0.05, 0) is 44.4 Å². The van der Waals surface area contributed by atoms with Gasteiger partial charge < -0.3 is 10.2 Å². The number of anilines is 1. The summed E-state index contributed by atoms with van der Waals surface area (Å²) in [6.07, 6.45) is 8.82. The molecule has 0 spiro atoms. The first-order chi connectivity index (χ1) is 10.4. The molecule has 1 aromatic heterocycles. The van der Waals surface area contributed by atoms with Crippen LogP contribution < -0.4 is 5.32 Å². The van der Waals surface area contributed by atoms with Gasteiger partial charge in [-0.25, -0.2) is 4.68 Å². The molecule has 5 nitrogen and oxygen atoms in total. The summed E-state index contributed by atoms with van der Waals surface area (Å²) in [6, 6.07) is 9.69. The summed E-state index contributed by atoms with van der Waals surface area (Å²) in [5.41, 5.74) is 2.23. The molecule has 0 saturated carbocycles. The maximum atomic E-state index is 4.11. The lowest BCUT2D eigenvalue weighted by Crippen LogP contribution is -2.42. The van der Waals surface area contributed by atoms with Crippen LogP contribution in [0.5, 0.6) is 0 Å². The standard InChI is InChI=1S/C16H21N5/c1-2-6-16(21-11-8-17-19-21)15(5-1)18-13-7-10-20-9-3-4-14(20)12-13/h1-2,5-6,8,11,13-14,18H,3-4,7,9-10,12H2. The van der Waals surface area contributed by atoms with Crippen LogP contribution in [0, 0.1) is 0 Å². The third-order valence-electron chi connectivity index (χ3n) is 4.75. The number of benzene rings is 1. The third-order valence-corrected chi connectivity index (χ3v) is 4.75. The molecule has 2 fully saturated rings. The van der Waals surface area contributed by atoms with Crippen LogP contribution in [0.25, 0.3) is 5.69 Å². The first-order valence-electron chi connectivity index (χ1n) is 7.86. The minimum atomic E-state index is 0.564. The molecule has 3 heterocycles. The maximum absolute atomic E-state index is 4.11. The molecule has 0 amide bonds. The van der Waals surface area contributed by atoms with Gasteiger partial charge in [0.1, 0.15) is 0 Å². The molecule has 4 rings (SSSR count). The molecule has 1 N–H and O–H groups in total. The van der Waals surface area contributed by atoms with Crippen molar-refractivity contribution >= 4 is 5.69 Å². The normalized spacial score (nSPS) is 25.7. The van der Waals surface area contributed by atoms with Crippen LogP contribution in [-0.4, -0.2) is 45.1 Å². The van der Waals surface area contributed by atoms with E-state index in [0.29, 0.717) is 6.04 Å². The van der Waals surface area contributed by atoms with Crippen molar-refractivity contribution in [3.05, 3.63) is 36.7 Å². The predicted octanol–water partition coefficient (Wildman–Crippen LogP) is 2.31. The minimum absolute atomic E-state index is 0.564. The zero-order chi connectivity index (χ0) is 14.1. The van der Waals surface area contributed by atoms with Gasteiger partial charge in [-0.15, -0.1) is 5.10 Å². The van der Waals surface area contributed by atoms with Gasteiger partial charge >= 0.3 is 0 Å².